The number of carbonyl (C=O) groups is 1. The van der Waals surface area contributed by atoms with Crippen LogP contribution in [0.4, 0.5) is 0 Å². The summed E-state index contributed by atoms with van der Waals surface area (Å²) in [6.07, 6.45) is 3.47. The molecule has 1 aliphatic heterocycles. The average Bonchev–Trinajstić information content (AvgIpc) is 2.39. The third-order valence-corrected chi connectivity index (χ3v) is 3.66. The van der Waals surface area contributed by atoms with Gasteiger partial charge in [-0.05, 0) is 45.2 Å². The van der Waals surface area contributed by atoms with Crippen LogP contribution in [0.2, 0.25) is 0 Å². The maximum Gasteiger partial charge on any atom is 0.237 e. The first-order valence-electron chi connectivity index (χ1n) is 6.89. The highest BCUT2D eigenvalue weighted by atomic mass is 16.5. The topological polar surface area (TPSA) is 67.6 Å². The number of piperidine rings is 1. The SMILES string of the molecule is COCCNC(=O)C(C)N1CCCC(CCN)C1. The first kappa shape index (κ1) is 15.4. The van der Waals surface area contributed by atoms with E-state index in [2.05, 4.69) is 10.2 Å². The molecule has 106 valence electrons. The van der Waals surface area contributed by atoms with Gasteiger partial charge in [0.05, 0.1) is 12.6 Å². The van der Waals surface area contributed by atoms with Gasteiger partial charge in [0, 0.05) is 20.2 Å². The normalized spacial score (nSPS) is 22.7. The van der Waals surface area contributed by atoms with Crippen LogP contribution < -0.4 is 11.1 Å². The lowest BCUT2D eigenvalue weighted by molar-refractivity contribution is -0.126. The molecule has 1 heterocycles. The number of amides is 1. The standard InChI is InChI=1S/C13H27N3O2/c1-11(13(17)15-7-9-18-2)16-8-3-4-12(10-16)5-6-14/h11-12H,3-10,14H2,1-2H3,(H,15,17). The fraction of sp³-hybridized carbons (Fsp3) is 0.923. The summed E-state index contributed by atoms with van der Waals surface area (Å²) in [5.74, 6) is 0.749. The van der Waals surface area contributed by atoms with Crippen LogP contribution in [0.25, 0.3) is 0 Å². The molecule has 0 aliphatic carbocycles. The smallest absolute Gasteiger partial charge is 0.237 e. The van der Waals surface area contributed by atoms with Gasteiger partial charge in [0.25, 0.3) is 0 Å². The van der Waals surface area contributed by atoms with Crippen molar-refractivity contribution in [3.63, 3.8) is 0 Å². The minimum Gasteiger partial charge on any atom is -0.383 e. The third kappa shape index (κ3) is 4.92. The molecule has 1 fully saturated rings. The van der Waals surface area contributed by atoms with Crippen molar-refractivity contribution in [2.45, 2.75) is 32.2 Å². The van der Waals surface area contributed by atoms with Crippen molar-refractivity contribution >= 4 is 5.91 Å². The van der Waals surface area contributed by atoms with E-state index in [1.807, 2.05) is 6.92 Å². The number of likely N-dealkylation sites (tertiary alicyclic amines) is 1. The van der Waals surface area contributed by atoms with Crippen LogP contribution in [0.15, 0.2) is 0 Å². The second-order valence-electron chi connectivity index (χ2n) is 5.04. The second kappa shape index (κ2) is 8.45. The zero-order valence-corrected chi connectivity index (χ0v) is 11.7. The van der Waals surface area contributed by atoms with Gasteiger partial charge in [0.2, 0.25) is 5.91 Å². The van der Waals surface area contributed by atoms with E-state index in [4.69, 9.17) is 10.5 Å². The lowest BCUT2D eigenvalue weighted by Crippen LogP contribution is -2.49. The Morgan fingerprint density at radius 2 is 2.39 bits per heavy atom. The summed E-state index contributed by atoms with van der Waals surface area (Å²) < 4.78 is 4.92. The maximum atomic E-state index is 11.9. The van der Waals surface area contributed by atoms with Gasteiger partial charge < -0.3 is 15.8 Å². The van der Waals surface area contributed by atoms with Crippen molar-refractivity contribution in [2.75, 3.05) is 39.9 Å². The van der Waals surface area contributed by atoms with Crippen molar-refractivity contribution < 1.29 is 9.53 Å². The molecule has 0 bridgehead atoms. The van der Waals surface area contributed by atoms with E-state index in [1.165, 1.54) is 12.8 Å². The summed E-state index contributed by atoms with van der Waals surface area (Å²) >= 11 is 0. The Morgan fingerprint density at radius 3 is 3.06 bits per heavy atom. The fourth-order valence-corrected chi connectivity index (χ4v) is 2.51. The van der Waals surface area contributed by atoms with E-state index in [0.717, 1.165) is 26.1 Å². The van der Waals surface area contributed by atoms with Gasteiger partial charge >= 0.3 is 0 Å². The molecule has 1 amide bonds. The molecule has 0 aromatic rings. The molecule has 2 unspecified atom stereocenters. The van der Waals surface area contributed by atoms with Crippen molar-refractivity contribution in [3.05, 3.63) is 0 Å². The fourth-order valence-electron chi connectivity index (χ4n) is 2.51. The molecule has 2 atom stereocenters. The minimum atomic E-state index is -0.0533. The lowest BCUT2D eigenvalue weighted by atomic mass is 9.94. The Bertz CT molecular complexity index is 246. The number of carbonyl (C=O) groups excluding carboxylic acids is 1. The Hall–Kier alpha value is -0.650. The summed E-state index contributed by atoms with van der Waals surface area (Å²) in [5, 5.41) is 2.90. The van der Waals surface area contributed by atoms with Gasteiger partial charge in [0.15, 0.2) is 0 Å². The van der Waals surface area contributed by atoms with Gasteiger partial charge in [-0.25, -0.2) is 0 Å². The molecule has 0 spiro atoms. The third-order valence-electron chi connectivity index (χ3n) is 3.66. The number of hydrogen-bond acceptors (Lipinski definition) is 4. The highest BCUT2D eigenvalue weighted by Gasteiger charge is 2.26. The Morgan fingerprint density at radius 1 is 1.61 bits per heavy atom. The molecule has 18 heavy (non-hydrogen) atoms. The van der Waals surface area contributed by atoms with E-state index < -0.39 is 0 Å². The number of nitrogens with two attached hydrogens (primary N) is 1. The first-order chi connectivity index (χ1) is 8.69. The predicted octanol–water partition coefficient (Wildman–Crippen LogP) is 0.198. The lowest BCUT2D eigenvalue weighted by Gasteiger charge is -2.36. The molecular weight excluding hydrogens is 230 g/mol. The largest absolute Gasteiger partial charge is 0.383 e. The number of methoxy groups -OCH3 is 1. The van der Waals surface area contributed by atoms with Crippen molar-refractivity contribution in [1.29, 1.82) is 0 Å². The molecule has 1 rings (SSSR count). The quantitative estimate of drug-likeness (QED) is 0.639. The number of rotatable bonds is 7. The van der Waals surface area contributed by atoms with Crippen LogP contribution in [-0.4, -0.2) is 56.7 Å². The Kier molecular flexibility index (Phi) is 7.23. The summed E-state index contributed by atoms with van der Waals surface area (Å²) in [6, 6.07) is -0.0533. The number of nitrogens with zero attached hydrogens (tertiary/aromatic N) is 1. The molecule has 0 aromatic heterocycles. The molecule has 5 heteroatoms. The Labute approximate surface area is 110 Å². The van der Waals surface area contributed by atoms with Crippen LogP contribution in [0.1, 0.15) is 26.2 Å². The highest BCUT2D eigenvalue weighted by Crippen LogP contribution is 2.20. The molecule has 5 nitrogen and oxygen atoms in total. The molecule has 0 radical (unpaired) electrons. The molecular formula is C13H27N3O2. The van der Waals surface area contributed by atoms with E-state index in [9.17, 15) is 4.79 Å². The molecule has 0 saturated carbocycles. The number of hydrogen-bond donors (Lipinski definition) is 2. The van der Waals surface area contributed by atoms with Gasteiger partial charge in [-0.1, -0.05) is 0 Å². The number of ether oxygens (including phenoxy) is 1. The molecule has 1 aliphatic rings. The van der Waals surface area contributed by atoms with Crippen LogP contribution in [0.3, 0.4) is 0 Å². The molecule has 0 aromatic carbocycles. The van der Waals surface area contributed by atoms with Gasteiger partial charge in [-0.15, -0.1) is 0 Å². The zero-order chi connectivity index (χ0) is 13.4. The number of nitrogens with one attached hydrogen (secondary N) is 1. The molecule has 3 N–H and O–H groups in total. The molecule has 1 saturated heterocycles. The maximum absolute atomic E-state index is 11.9. The van der Waals surface area contributed by atoms with Crippen molar-refractivity contribution in [1.82, 2.24) is 10.2 Å². The van der Waals surface area contributed by atoms with Gasteiger partial charge in [0.1, 0.15) is 0 Å². The van der Waals surface area contributed by atoms with Gasteiger partial charge in [-0.2, -0.15) is 0 Å². The average molecular weight is 257 g/mol. The second-order valence-corrected chi connectivity index (χ2v) is 5.04. The van der Waals surface area contributed by atoms with E-state index in [1.54, 1.807) is 7.11 Å². The van der Waals surface area contributed by atoms with Crippen molar-refractivity contribution in [3.8, 4) is 0 Å². The summed E-state index contributed by atoms with van der Waals surface area (Å²) in [7, 11) is 1.64. The van der Waals surface area contributed by atoms with Crippen LogP contribution in [-0.2, 0) is 9.53 Å². The van der Waals surface area contributed by atoms with E-state index >= 15 is 0 Å². The van der Waals surface area contributed by atoms with E-state index in [-0.39, 0.29) is 11.9 Å². The summed E-state index contributed by atoms with van der Waals surface area (Å²) in [5.41, 5.74) is 5.61. The van der Waals surface area contributed by atoms with Crippen molar-refractivity contribution in [2.24, 2.45) is 11.7 Å². The van der Waals surface area contributed by atoms with Crippen LogP contribution in [0, 0.1) is 5.92 Å². The monoisotopic (exact) mass is 257 g/mol. The van der Waals surface area contributed by atoms with Crippen LogP contribution >= 0.6 is 0 Å². The van der Waals surface area contributed by atoms with Gasteiger partial charge in [-0.3, -0.25) is 9.69 Å². The predicted molar refractivity (Wildman–Crippen MR) is 72.3 cm³/mol. The summed E-state index contributed by atoms with van der Waals surface area (Å²) in [6.45, 7) is 5.88. The first-order valence-corrected chi connectivity index (χ1v) is 6.89. The zero-order valence-electron chi connectivity index (χ0n) is 11.7. The summed E-state index contributed by atoms with van der Waals surface area (Å²) in [4.78, 5) is 14.2. The minimum absolute atomic E-state index is 0.0533. The highest BCUT2D eigenvalue weighted by molar-refractivity contribution is 5.81. The van der Waals surface area contributed by atoms with E-state index in [0.29, 0.717) is 19.1 Å². The Balaban J connectivity index is 2.35. The van der Waals surface area contributed by atoms with Crippen LogP contribution in [0.5, 0.6) is 0 Å².